The van der Waals surface area contributed by atoms with Crippen molar-refractivity contribution in [3.8, 4) is 11.5 Å². The SMILES string of the molecule is Cc1ccc(Oc2ccccc2NC(=O)CSc2nnnn2CCc2cccs2)cc1. The molecule has 0 unspecified atom stereocenters. The number of nitrogens with zero attached hydrogens (tertiary/aromatic N) is 4. The number of rotatable bonds is 9. The molecule has 158 valence electrons. The molecular formula is C22H21N5O2S2. The number of carbonyl (C=O) groups is 1. The van der Waals surface area contributed by atoms with E-state index in [-0.39, 0.29) is 11.7 Å². The Morgan fingerprint density at radius 3 is 2.77 bits per heavy atom. The Balaban J connectivity index is 1.33. The first kappa shape index (κ1) is 21.1. The van der Waals surface area contributed by atoms with E-state index in [9.17, 15) is 4.79 Å². The maximum atomic E-state index is 12.5. The summed E-state index contributed by atoms with van der Waals surface area (Å²) >= 11 is 3.01. The molecule has 4 aromatic rings. The van der Waals surface area contributed by atoms with Crippen molar-refractivity contribution >= 4 is 34.7 Å². The van der Waals surface area contributed by atoms with Crippen LogP contribution in [0.5, 0.6) is 11.5 Å². The number of amides is 1. The third-order valence-electron chi connectivity index (χ3n) is 4.39. The first-order valence-corrected chi connectivity index (χ1v) is 11.6. The van der Waals surface area contributed by atoms with Gasteiger partial charge in [0.05, 0.1) is 18.0 Å². The molecule has 0 aliphatic heterocycles. The van der Waals surface area contributed by atoms with Crippen molar-refractivity contribution < 1.29 is 9.53 Å². The lowest BCUT2D eigenvalue weighted by molar-refractivity contribution is -0.113. The smallest absolute Gasteiger partial charge is 0.234 e. The topological polar surface area (TPSA) is 81.9 Å². The molecule has 0 bridgehead atoms. The van der Waals surface area contributed by atoms with Crippen LogP contribution in [0.1, 0.15) is 10.4 Å². The van der Waals surface area contributed by atoms with Crippen LogP contribution in [0.25, 0.3) is 0 Å². The average molecular weight is 452 g/mol. The minimum atomic E-state index is -0.155. The molecule has 0 aliphatic carbocycles. The molecule has 0 aliphatic rings. The monoisotopic (exact) mass is 451 g/mol. The highest BCUT2D eigenvalue weighted by Crippen LogP contribution is 2.29. The number of hydrogen-bond acceptors (Lipinski definition) is 7. The number of para-hydroxylation sites is 2. The summed E-state index contributed by atoms with van der Waals surface area (Å²) in [5.41, 5.74) is 1.77. The van der Waals surface area contributed by atoms with E-state index in [0.29, 0.717) is 28.9 Å². The van der Waals surface area contributed by atoms with E-state index in [4.69, 9.17) is 4.74 Å². The molecule has 2 aromatic heterocycles. The number of carbonyl (C=O) groups excluding carboxylic acids is 1. The average Bonchev–Trinajstić information content (AvgIpc) is 3.45. The molecule has 0 atom stereocenters. The quantitative estimate of drug-likeness (QED) is 0.368. The predicted molar refractivity (Wildman–Crippen MR) is 123 cm³/mol. The summed E-state index contributed by atoms with van der Waals surface area (Å²) in [7, 11) is 0. The number of tetrazole rings is 1. The maximum absolute atomic E-state index is 12.5. The van der Waals surface area contributed by atoms with Crippen LogP contribution < -0.4 is 10.1 Å². The van der Waals surface area contributed by atoms with E-state index < -0.39 is 0 Å². The fourth-order valence-corrected chi connectivity index (χ4v) is 4.22. The normalized spacial score (nSPS) is 10.7. The van der Waals surface area contributed by atoms with Gasteiger partial charge in [0.15, 0.2) is 5.75 Å². The van der Waals surface area contributed by atoms with E-state index in [1.165, 1.54) is 16.6 Å². The number of benzene rings is 2. The third-order valence-corrected chi connectivity index (χ3v) is 6.28. The first-order chi connectivity index (χ1) is 15.2. The molecule has 1 N–H and O–H groups in total. The van der Waals surface area contributed by atoms with Crippen LogP contribution in [-0.4, -0.2) is 31.9 Å². The number of ether oxygens (including phenoxy) is 1. The van der Waals surface area contributed by atoms with Gasteiger partial charge in [0.1, 0.15) is 5.75 Å². The van der Waals surface area contributed by atoms with E-state index in [0.717, 1.165) is 12.0 Å². The Morgan fingerprint density at radius 2 is 1.97 bits per heavy atom. The van der Waals surface area contributed by atoms with E-state index in [2.05, 4.69) is 32.3 Å². The van der Waals surface area contributed by atoms with Crippen LogP contribution in [0, 0.1) is 6.92 Å². The molecule has 0 radical (unpaired) electrons. The zero-order valence-electron chi connectivity index (χ0n) is 16.9. The molecule has 0 spiro atoms. The Hall–Kier alpha value is -3.17. The molecule has 2 heterocycles. The van der Waals surface area contributed by atoms with Gasteiger partial charge in [0.2, 0.25) is 11.1 Å². The third kappa shape index (κ3) is 5.93. The molecule has 1 amide bonds. The number of aromatic nitrogens is 4. The van der Waals surface area contributed by atoms with Gasteiger partial charge in [-0.25, -0.2) is 4.68 Å². The Kier molecular flexibility index (Phi) is 6.96. The minimum Gasteiger partial charge on any atom is -0.455 e. The van der Waals surface area contributed by atoms with Crippen LogP contribution in [0.15, 0.2) is 71.2 Å². The molecule has 9 heteroatoms. The van der Waals surface area contributed by atoms with Gasteiger partial charge in [0, 0.05) is 11.3 Å². The number of aryl methyl sites for hydroxylation is 3. The molecule has 0 saturated heterocycles. The molecule has 7 nitrogen and oxygen atoms in total. The van der Waals surface area contributed by atoms with Crippen molar-refractivity contribution in [2.45, 2.75) is 25.0 Å². The van der Waals surface area contributed by atoms with Crippen molar-refractivity contribution in [2.75, 3.05) is 11.1 Å². The summed E-state index contributed by atoms with van der Waals surface area (Å²) in [6.07, 6.45) is 0.853. The first-order valence-electron chi connectivity index (χ1n) is 9.72. The molecule has 4 rings (SSSR count). The summed E-state index contributed by atoms with van der Waals surface area (Å²) < 4.78 is 7.67. The van der Waals surface area contributed by atoms with E-state index >= 15 is 0 Å². The lowest BCUT2D eigenvalue weighted by atomic mass is 10.2. The molecule has 2 aromatic carbocycles. The fraction of sp³-hybridized carbons (Fsp3) is 0.182. The molecule has 31 heavy (non-hydrogen) atoms. The predicted octanol–water partition coefficient (Wildman–Crippen LogP) is 4.81. The highest BCUT2D eigenvalue weighted by atomic mass is 32.2. The summed E-state index contributed by atoms with van der Waals surface area (Å²) in [6.45, 7) is 2.69. The van der Waals surface area contributed by atoms with Gasteiger partial charge in [-0.05, 0) is 53.1 Å². The van der Waals surface area contributed by atoms with Crippen LogP contribution in [-0.2, 0) is 17.8 Å². The van der Waals surface area contributed by atoms with Crippen LogP contribution >= 0.6 is 23.1 Å². The Morgan fingerprint density at radius 1 is 1.13 bits per heavy atom. The van der Waals surface area contributed by atoms with E-state index in [1.807, 2.05) is 61.5 Å². The van der Waals surface area contributed by atoms with Gasteiger partial charge in [-0.3, -0.25) is 4.79 Å². The Labute approximate surface area is 188 Å². The summed E-state index contributed by atoms with van der Waals surface area (Å²) in [6, 6.07) is 19.3. The maximum Gasteiger partial charge on any atom is 0.234 e. The standard InChI is InChI=1S/C22H21N5O2S2/c1-16-8-10-17(11-9-16)29-20-7-3-2-6-19(20)23-21(28)15-31-22-24-25-26-27(22)13-12-18-5-4-14-30-18/h2-11,14H,12-13,15H2,1H3,(H,23,28). The van der Waals surface area contributed by atoms with Crippen LogP contribution in [0.3, 0.4) is 0 Å². The van der Waals surface area contributed by atoms with Gasteiger partial charge in [-0.2, -0.15) is 0 Å². The molecule has 0 fully saturated rings. The highest BCUT2D eigenvalue weighted by Gasteiger charge is 2.13. The van der Waals surface area contributed by atoms with Crippen LogP contribution in [0.4, 0.5) is 5.69 Å². The van der Waals surface area contributed by atoms with Crippen molar-refractivity contribution in [3.63, 3.8) is 0 Å². The number of hydrogen-bond donors (Lipinski definition) is 1. The van der Waals surface area contributed by atoms with Crippen molar-refractivity contribution in [3.05, 3.63) is 76.5 Å². The molecular weight excluding hydrogens is 430 g/mol. The zero-order chi connectivity index (χ0) is 21.5. The van der Waals surface area contributed by atoms with Gasteiger partial charge in [0.25, 0.3) is 0 Å². The van der Waals surface area contributed by atoms with Gasteiger partial charge in [-0.15, -0.1) is 16.4 Å². The van der Waals surface area contributed by atoms with Gasteiger partial charge < -0.3 is 10.1 Å². The van der Waals surface area contributed by atoms with Crippen molar-refractivity contribution in [1.82, 2.24) is 20.2 Å². The van der Waals surface area contributed by atoms with Crippen molar-refractivity contribution in [1.29, 1.82) is 0 Å². The highest BCUT2D eigenvalue weighted by molar-refractivity contribution is 7.99. The lowest BCUT2D eigenvalue weighted by Crippen LogP contribution is -2.15. The Bertz CT molecular complexity index is 1130. The van der Waals surface area contributed by atoms with Gasteiger partial charge >= 0.3 is 0 Å². The summed E-state index contributed by atoms with van der Waals surface area (Å²) in [5.74, 6) is 1.34. The summed E-state index contributed by atoms with van der Waals surface area (Å²) in [5, 5.41) is 17.4. The second kappa shape index (κ2) is 10.2. The number of nitrogens with one attached hydrogen (secondary N) is 1. The molecule has 0 saturated carbocycles. The van der Waals surface area contributed by atoms with E-state index in [1.54, 1.807) is 16.0 Å². The van der Waals surface area contributed by atoms with Gasteiger partial charge in [-0.1, -0.05) is 47.7 Å². The van der Waals surface area contributed by atoms with Crippen LogP contribution in [0.2, 0.25) is 0 Å². The fourth-order valence-electron chi connectivity index (χ4n) is 2.82. The minimum absolute atomic E-state index is 0.155. The zero-order valence-corrected chi connectivity index (χ0v) is 18.5. The number of anilines is 1. The largest absolute Gasteiger partial charge is 0.455 e. The van der Waals surface area contributed by atoms with Crippen molar-refractivity contribution in [2.24, 2.45) is 0 Å². The number of thioether (sulfide) groups is 1. The second-order valence-corrected chi connectivity index (χ2v) is 8.74. The summed E-state index contributed by atoms with van der Waals surface area (Å²) in [4.78, 5) is 13.8. The lowest BCUT2D eigenvalue weighted by Gasteiger charge is -2.12. The second-order valence-electron chi connectivity index (χ2n) is 6.76. The number of thiophene rings is 1.